The maximum Gasteiger partial charge on any atom is 0.338 e. The van der Waals surface area contributed by atoms with Gasteiger partial charge in [-0.15, -0.1) is 11.8 Å². The van der Waals surface area contributed by atoms with Crippen molar-refractivity contribution in [2.45, 2.75) is 31.7 Å². The van der Waals surface area contributed by atoms with E-state index in [2.05, 4.69) is 0 Å². The van der Waals surface area contributed by atoms with E-state index in [1.54, 1.807) is 19.4 Å². The first-order valence-electron chi connectivity index (χ1n) is 8.91. The summed E-state index contributed by atoms with van der Waals surface area (Å²) in [4.78, 5) is 35.9. The van der Waals surface area contributed by atoms with Crippen molar-refractivity contribution >= 4 is 29.2 Å². The zero-order valence-corrected chi connectivity index (χ0v) is 17.9. The molecule has 0 bridgehead atoms. The van der Waals surface area contributed by atoms with Crippen LogP contribution in [-0.2, 0) is 9.47 Å². The number of benzene rings is 1. The Hall–Kier alpha value is -2.65. The van der Waals surface area contributed by atoms with Crippen molar-refractivity contribution in [2.24, 2.45) is 0 Å². The highest BCUT2D eigenvalue weighted by Gasteiger charge is 2.22. The lowest BCUT2D eigenvalue weighted by molar-refractivity contribution is -0.387. The minimum Gasteiger partial charge on any atom is -0.454 e. The molecule has 0 unspecified atom stereocenters. The lowest BCUT2D eigenvalue weighted by Gasteiger charge is -2.17. The monoisotopic (exact) mass is 420 g/mol. The largest absolute Gasteiger partial charge is 0.454 e. The van der Waals surface area contributed by atoms with Crippen LogP contribution in [0.3, 0.4) is 0 Å². The normalized spacial score (nSPS) is 11.9. The fourth-order valence-electron chi connectivity index (χ4n) is 3.31. The molecule has 0 fully saturated rings. The summed E-state index contributed by atoms with van der Waals surface area (Å²) in [6.45, 7) is 5.78. The lowest BCUT2D eigenvalue weighted by atomic mass is 10.1. The van der Waals surface area contributed by atoms with Crippen LogP contribution in [0.5, 0.6) is 0 Å². The number of nitro groups is 1. The Balaban J connectivity index is 2.13. The van der Waals surface area contributed by atoms with E-state index in [-0.39, 0.29) is 23.1 Å². The third-order valence-corrected chi connectivity index (χ3v) is 5.36. The molecule has 156 valence electrons. The number of ether oxygens (including phenoxy) is 2. The Labute approximate surface area is 173 Å². The molecule has 1 aromatic carbocycles. The van der Waals surface area contributed by atoms with E-state index in [9.17, 15) is 19.7 Å². The molecular weight excluding hydrogens is 396 g/mol. The molecule has 29 heavy (non-hydrogen) atoms. The number of aryl methyl sites for hydroxylation is 1. The average molecular weight is 420 g/mol. The second-order valence-corrected chi connectivity index (χ2v) is 7.45. The van der Waals surface area contributed by atoms with Crippen molar-refractivity contribution in [1.82, 2.24) is 4.57 Å². The van der Waals surface area contributed by atoms with Gasteiger partial charge in [-0.1, -0.05) is 0 Å². The van der Waals surface area contributed by atoms with Gasteiger partial charge in [-0.05, 0) is 45.2 Å². The molecule has 0 N–H and O–H groups in total. The molecule has 0 aliphatic carbocycles. The van der Waals surface area contributed by atoms with Crippen LogP contribution in [0.25, 0.3) is 0 Å². The van der Waals surface area contributed by atoms with Gasteiger partial charge in [-0.25, -0.2) is 4.79 Å². The third-order valence-electron chi connectivity index (χ3n) is 4.58. The highest BCUT2D eigenvalue weighted by Crippen LogP contribution is 2.28. The van der Waals surface area contributed by atoms with Crippen molar-refractivity contribution < 1.29 is 24.0 Å². The minimum atomic E-state index is -0.782. The van der Waals surface area contributed by atoms with Gasteiger partial charge < -0.3 is 14.0 Å². The van der Waals surface area contributed by atoms with Gasteiger partial charge in [0.15, 0.2) is 6.61 Å². The summed E-state index contributed by atoms with van der Waals surface area (Å²) in [5.74, 6) is -1.12. The van der Waals surface area contributed by atoms with Gasteiger partial charge in [0.05, 0.1) is 28.0 Å². The number of nitro benzene ring substituents is 1. The summed E-state index contributed by atoms with van der Waals surface area (Å²) in [5, 5.41) is 11.2. The van der Waals surface area contributed by atoms with Crippen LogP contribution < -0.4 is 0 Å². The molecule has 2 rings (SSSR count). The van der Waals surface area contributed by atoms with Crippen LogP contribution in [0.2, 0.25) is 0 Å². The second-order valence-electron chi connectivity index (χ2n) is 6.60. The van der Waals surface area contributed by atoms with Crippen LogP contribution in [0, 0.1) is 24.0 Å². The Kier molecular flexibility index (Phi) is 7.58. The number of rotatable bonds is 9. The van der Waals surface area contributed by atoms with Gasteiger partial charge >= 0.3 is 5.97 Å². The molecular formula is C20H24N2O6S. The molecule has 0 amide bonds. The van der Waals surface area contributed by atoms with Gasteiger partial charge in [-0.3, -0.25) is 14.9 Å². The summed E-state index contributed by atoms with van der Waals surface area (Å²) < 4.78 is 12.3. The van der Waals surface area contributed by atoms with Crippen LogP contribution in [0.1, 0.15) is 45.1 Å². The van der Waals surface area contributed by atoms with Gasteiger partial charge in [-0.2, -0.15) is 0 Å². The summed E-state index contributed by atoms with van der Waals surface area (Å²) in [6, 6.07) is 5.92. The van der Waals surface area contributed by atoms with Gasteiger partial charge in [0.25, 0.3) is 5.69 Å². The number of Topliss-reactive ketones (excluding diaryl/α,β-unsaturated/α-hetero) is 1. The SMILES string of the molecule is COC[C@@H](C)n1c(C)cc(C(=O)COC(=O)c2ccc(SC)c([N+](=O)[O-])c2)c1C. The Bertz CT molecular complexity index is 937. The van der Waals surface area contributed by atoms with Crippen molar-refractivity contribution in [3.05, 3.63) is 56.9 Å². The summed E-state index contributed by atoms with van der Waals surface area (Å²) in [5.41, 5.74) is 2.01. The van der Waals surface area contributed by atoms with Crippen LogP contribution in [-0.4, -0.2) is 47.8 Å². The molecule has 0 saturated heterocycles. The standard InChI is InChI=1S/C20H24N2O6S/c1-12-8-16(14(3)21(12)13(2)10-27-4)18(23)11-28-20(24)15-6-7-19(29-5)17(9-15)22(25)26/h6-9,13H,10-11H2,1-5H3/t13-/m1/s1. The third kappa shape index (κ3) is 5.04. The maximum absolute atomic E-state index is 12.6. The molecule has 0 radical (unpaired) electrons. The van der Waals surface area contributed by atoms with E-state index < -0.39 is 17.5 Å². The fourth-order valence-corrected chi connectivity index (χ4v) is 3.85. The van der Waals surface area contributed by atoms with E-state index in [0.29, 0.717) is 17.1 Å². The number of hydrogen-bond acceptors (Lipinski definition) is 7. The number of methoxy groups -OCH3 is 1. The molecule has 9 heteroatoms. The summed E-state index contributed by atoms with van der Waals surface area (Å²) >= 11 is 1.21. The van der Waals surface area contributed by atoms with Crippen LogP contribution in [0.4, 0.5) is 5.69 Å². The molecule has 8 nitrogen and oxygen atoms in total. The molecule has 0 aliphatic rings. The fraction of sp³-hybridized carbons (Fsp3) is 0.400. The molecule has 0 saturated carbocycles. The molecule has 1 heterocycles. The van der Waals surface area contributed by atoms with Crippen LogP contribution in [0.15, 0.2) is 29.2 Å². The molecule has 1 aromatic heterocycles. The average Bonchev–Trinajstić information content (AvgIpc) is 2.99. The Morgan fingerprint density at radius 2 is 1.97 bits per heavy atom. The van der Waals surface area contributed by atoms with Gasteiger partial charge in [0.1, 0.15) is 0 Å². The topological polar surface area (TPSA) is 101 Å². The van der Waals surface area contributed by atoms with E-state index in [1.807, 2.05) is 25.3 Å². The number of ketones is 1. The number of carbonyl (C=O) groups excluding carboxylic acids is 2. The number of aromatic nitrogens is 1. The number of nitrogens with zero attached hydrogens (tertiary/aromatic N) is 2. The molecule has 2 aromatic rings. The number of esters is 1. The maximum atomic E-state index is 12.6. The van der Waals surface area contributed by atoms with Crippen molar-refractivity contribution in [1.29, 1.82) is 0 Å². The van der Waals surface area contributed by atoms with Gasteiger partial charge in [0, 0.05) is 30.1 Å². The number of carbonyl (C=O) groups is 2. The number of thioether (sulfide) groups is 1. The van der Waals surface area contributed by atoms with E-state index >= 15 is 0 Å². The second kappa shape index (κ2) is 9.71. The first-order valence-corrected chi connectivity index (χ1v) is 10.1. The molecule has 0 spiro atoms. The lowest BCUT2D eigenvalue weighted by Crippen LogP contribution is -2.17. The number of hydrogen-bond donors (Lipinski definition) is 0. The first-order chi connectivity index (χ1) is 13.7. The van der Waals surface area contributed by atoms with E-state index in [1.165, 1.54) is 23.9 Å². The highest BCUT2D eigenvalue weighted by molar-refractivity contribution is 7.98. The van der Waals surface area contributed by atoms with E-state index in [0.717, 1.165) is 17.5 Å². The minimum absolute atomic E-state index is 0.0292. The zero-order valence-electron chi connectivity index (χ0n) is 17.1. The summed E-state index contributed by atoms with van der Waals surface area (Å²) in [6.07, 6.45) is 1.71. The summed E-state index contributed by atoms with van der Waals surface area (Å²) in [7, 11) is 1.62. The highest BCUT2D eigenvalue weighted by atomic mass is 32.2. The predicted molar refractivity (Wildman–Crippen MR) is 110 cm³/mol. The van der Waals surface area contributed by atoms with Crippen molar-refractivity contribution in [2.75, 3.05) is 26.6 Å². The van der Waals surface area contributed by atoms with Crippen molar-refractivity contribution in [3.8, 4) is 0 Å². The van der Waals surface area contributed by atoms with Crippen molar-refractivity contribution in [3.63, 3.8) is 0 Å². The molecule has 1 atom stereocenters. The zero-order chi connectivity index (χ0) is 21.7. The van der Waals surface area contributed by atoms with E-state index in [4.69, 9.17) is 9.47 Å². The van der Waals surface area contributed by atoms with Crippen LogP contribution >= 0.6 is 11.8 Å². The smallest absolute Gasteiger partial charge is 0.338 e. The first kappa shape index (κ1) is 22.6. The molecule has 0 aliphatic heterocycles. The Morgan fingerprint density at radius 3 is 2.55 bits per heavy atom. The van der Waals surface area contributed by atoms with Gasteiger partial charge in [0.2, 0.25) is 5.78 Å². The quantitative estimate of drug-likeness (QED) is 0.199. The predicted octanol–water partition coefficient (Wildman–Crippen LogP) is 3.98. The Morgan fingerprint density at radius 1 is 1.28 bits per heavy atom.